The molecular weight excluding hydrogens is 226 g/mol. The highest BCUT2D eigenvalue weighted by molar-refractivity contribution is 5.26. The van der Waals surface area contributed by atoms with E-state index >= 15 is 0 Å². The Morgan fingerprint density at radius 3 is 2.72 bits per heavy atom. The van der Waals surface area contributed by atoms with E-state index in [0.29, 0.717) is 0 Å². The number of hydrogen-bond donors (Lipinski definition) is 2. The third-order valence-electron chi connectivity index (χ3n) is 2.98. The molecule has 96 valence electrons. The van der Waals surface area contributed by atoms with Gasteiger partial charge in [0.25, 0.3) is 0 Å². The van der Waals surface area contributed by atoms with E-state index in [1.807, 2.05) is 32.6 Å². The minimum Gasteiger partial charge on any atom is -0.276 e. The lowest BCUT2D eigenvalue weighted by atomic mass is 10.0. The summed E-state index contributed by atoms with van der Waals surface area (Å²) in [5.74, 6) is 5.65. The molecular formula is C13H19N5. The van der Waals surface area contributed by atoms with Gasteiger partial charge in [-0.3, -0.25) is 20.9 Å². The van der Waals surface area contributed by atoms with E-state index in [4.69, 9.17) is 5.84 Å². The Hall–Kier alpha value is -1.72. The quantitative estimate of drug-likeness (QED) is 0.627. The lowest BCUT2D eigenvalue weighted by Gasteiger charge is -2.17. The van der Waals surface area contributed by atoms with Crippen molar-refractivity contribution < 1.29 is 0 Å². The first-order chi connectivity index (χ1) is 8.60. The van der Waals surface area contributed by atoms with Crippen LogP contribution in [0.2, 0.25) is 0 Å². The van der Waals surface area contributed by atoms with Crippen molar-refractivity contribution in [3.63, 3.8) is 0 Å². The fraction of sp³-hybridized carbons (Fsp3) is 0.385. The second kappa shape index (κ2) is 5.29. The van der Waals surface area contributed by atoms with Gasteiger partial charge in [-0.15, -0.1) is 0 Å². The average molecular weight is 245 g/mol. The van der Waals surface area contributed by atoms with E-state index < -0.39 is 0 Å². The van der Waals surface area contributed by atoms with Gasteiger partial charge in [0.15, 0.2) is 0 Å². The summed E-state index contributed by atoms with van der Waals surface area (Å²) in [4.78, 5) is 4.48. The van der Waals surface area contributed by atoms with Crippen LogP contribution < -0.4 is 11.3 Å². The van der Waals surface area contributed by atoms with Crippen LogP contribution in [0.5, 0.6) is 0 Å². The number of nitrogens with two attached hydrogens (primary N) is 1. The second-order valence-electron chi connectivity index (χ2n) is 4.66. The van der Waals surface area contributed by atoms with Crippen LogP contribution in [0.3, 0.4) is 0 Å². The van der Waals surface area contributed by atoms with Gasteiger partial charge in [-0.25, -0.2) is 0 Å². The van der Waals surface area contributed by atoms with Gasteiger partial charge in [0.05, 0.1) is 17.9 Å². The molecule has 1 atom stereocenters. The molecule has 18 heavy (non-hydrogen) atoms. The van der Waals surface area contributed by atoms with Gasteiger partial charge < -0.3 is 0 Å². The van der Waals surface area contributed by atoms with Gasteiger partial charge in [0, 0.05) is 19.4 Å². The highest BCUT2D eigenvalue weighted by Gasteiger charge is 2.15. The van der Waals surface area contributed by atoms with Gasteiger partial charge in [0.2, 0.25) is 0 Å². The lowest BCUT2D eigenvalue weighted by molar-refractivity contribution is 0.535. The van der Waals surface area contributed by atoms with Crippen molar-refractivity contribution in [2.24, 2.45) is 12.9 Å². The predicted molar refractivity (Wildman–Crippen MR) is 70.7 cm³/mol. The highest BCUT2D eigenvalue weighted by Crippen LogP contribution is 2.19. The molecule has 0 aliphatic rings. The Kier molecular flexibility index (Phi) is 3.74. The highest BCUT2D eigenvalue weighted by atomic mass is 15.2. The molecule has 2 heterocycles. The first-order valence-electron chi connectivity index (χ1n) is 5.97. The Bertz CT molecular complexity index is 532. The number of nitrogens with one attached hydrogen (secondary N) is 1. The summed E-state index contributed by atoms with van der Waals surface area (Å²) in [5, 5.41) is 4.16. The topological polar surface area (TPSA) is 68.8 Å². The van der Waals surface area contributed by atoms with Crippen molar-refractivity contribution in [3.8, 4) is 0 Å². The maximum atomic E-state index is 5.65. The van der Waals surface area contributed by atoms with Crippen molar-refractivity contribution in [1.82, 2.24) is 20.2 Å². The van der Waals surface area contributed by atoms with Gasteiger partial charge in [-0.05, 0) is 37.0 Å². The summed E-state index contributed by atoms with van der Waals surface area (Å²) in [6.07, 6.45) is 6.50. The largest absolute Gasteiger partial charge is 0.276 e. The third kappa shape index (κ3) is 2.75. The molecule has 0 spiro atoms. The van der Waals surface area contributed by atoms with Crippen molar-refractivity contribution in [3.05, 3.63) is 47.0 Å². The average Bonchev–Trinajstić information content (AvgIpc) is 2.72. The summed E-state index contributed by atoms with van der Waals surface area (Å²) in [5.41, 5.74) is 7.29. The smallest absolute Gasteiger partial charge is 0.0676 e. The predicted octanol–water partition coefficient (Wildman–Crippen LogP) is 1.18. The van der Waals surface area contributed by atoms with Crippen LogP contribution in [0.1, 0.15) is 28.4 Å². The summed E-state index contributed by atoms with van der Waals surface area (Å²) in [6.45, 7) is 4.10. The van der Waals surface area contributed by atoms with Crippen molar-refractivity contribution >= 4 is 0 Å². The number of rotatable bonds is 4. The number of hydrogen-bond acceptors (Lipinski definition) is 4. The number of hydrazine groups is 1. The summed E-state index contributed by atoms with van der Waals surface area (Å²) in [7, 11) is 1.91. The maximum Gasteiger partial charge on any atom is 0.0676 e. The standard InChI is InChI=1S/C13H19N5/c1-9-4-10(2)13(15-6-9)12(17-14)5-11-7-16-18(3)8-11/h4,6-8,12,17H,5,14H2,1-3H3. The minimum absolute atomic E-state index is 0.00907. The summed E-state index contributed by atoms with van der Waals surface area (Å²) >= 11 is 0. The van der Waals surface area contributed by atoms with E-state index in [9.17, 15) is 0 Å². The number of aromatic nitrogens is 3. The second-order valence-corrected chi connectivity index (χ2v) is 4.66. The van der Waals surface area contributed by atoms with Crippen LogP contribution in [-0.2, 0) is 13.5 Å². The van der Waals surface area contributed by atoms with Gasteiger partial charge >= 0.3 is 0 Å². The van der Waals surface area contributed by atoms with Gasteiger partial charge in [0.1, 0.15) is 0 Å². The normalized spacial score (nSPS) is 12.7. The Balaban J connectivity index is 2.22. The molecule has 0 aromatic carbocycles. The van der Waals surface area contributed by atoms with Gasteiger partial charge in [-0.2, -0.15) is 5.10 Å². The van der Waals surface area contributed by atoms with Crippen LogP contribution in [0.15, 0.2) is 24.7 Å². The molecule has 5 nitrogen and oxygen atoms in total. The van der Waals surface area contributed by atoms with Crippen LogP contribution in [0.4, 0.5) is 0 Å². The van der Waals surface area contributed by atoms with E-state index in [1.165, 1.54) is 0 Å². The number of aryl methyl sites for hydroxylation is 3. The zero-order valence-electron chi connectivity index (χ0n) is 11.0. The van der Waals surface area contributed by atoms with Crippen LogP contribution >= 0.6 is 0 Å². The van der Waals surface area contributed by atoms with Gasteiger partial charge in [-0.1, -0.05) is 6.07 Å². The molecule has 2 aromatic heterocycles. The monoisotopic (exact) mass is 245 g/mol. The summed E-state index contributed by atoms with van der Waals surface area (Å²) in [6, 6.07) is 2.13. The minimum atomic E-state index is 0.00907. The van der Waals surface area contributed by atoms with E-state index in [-0.39, 0.29) is 6.04 Å². The zero-order valence-corrected chi connectivity index (χ0v) is 11.0. The molecule has 0 amide bonds. The lowest BCUT2D eigenvalue weighted by Crippen LogP contribution is -2.30. The summed E-state index contributed by atoms with van der Waals surface area (Å²) < 4.78 is 1.79. The number of nitrogens with zero attached hydrogens (tertiary/aromatic N) is 3. The molecule has 0 aliphatic heterocycles. The first-order valence-corrected chi connectivity index (χ1v) is 5.97. The number of pyridine rings is 1. The van der Waals surface area contributed by atoms with Crippen LogP contribution in [0.25, 0.3) is 0 Å². The molecule has 5 heteroatoms. The Morgan fingerprint density at radius 1 is 1.39 bits per heavy atom. The first kappa shape index (κ1) is 12.7. The van der Waals surface area contributed by atoms with Crippen LogP contribution in [0, 0.1) is 13.8 Å². The molecule has 0 aliphatic carbocycles. The molecule has 0 saturated carbocycles. The SMILES string of the molecule is Cc1cnc(C(Cc2cnn(C)c2)NN)c(C)c1. The molecule has 2 aromatic rings. The van der Waals surface area contributed by atoms with E-state index in [1.54, 1.807) is 4.68 Å². The van der Waals surface area contributed by atoms with Crippen molar-refractivity contribution in [2.45, 2.75) is 26.3 Å². The van der Waals surface area contributed by atoms with Crippen molar-refractivity contribution in [2.75, 3.05) is 0 Å². The third-order valence-corrected chi connectivity index (χ3v) is 2.98. The fourth-order valence-corrected chi connectivity index (χ4v) is 2.14. The molecule has 1 unspecified atom stereocenters. The Morgan fingerprint density at radius 2 is 2.17 bits per heavy atom. The molecule has 0 radical (unpaired) electrons. The van der Waals surface area contributed by atoms with Crippen molar-refractivity contribution in [1.29, 1.82) is 0 Å². The van der Waals surface area contributed by atoms with E-state index in [2.05, 4.69) is 28.5 Å². The van der Waals surface area contributed by atoms with Crippen LogP contribution in [-0.4, -0.2) is 14.8 Å². The fourth-order valence-electron chi connectivity index (χ4n) is 2.14. The zero-order chi connectivity index (χ0) is 13.1. The molecule has 0 saturated heterocycles. The maximum absolute atomic E-state index is 5.65. The van der Waals surface area contributed by atoms with E-state index in [0.717, 1.165) is 28.8 Å². The molecule has 0 fully saturated rings. The molecule has 0 bridgehead atoms. The Labute approximate surface area is 107 Å². The molecule has 2 rings (SSSR count). The molecule has 3 N–H and O–H groups in total.